The van der Waals surface area contributed by atoms with Crippen LogP contribution in [0.4, 0.5) is 0 Å². The van der Waals surface area contributed by atoms with E-state index in [4.69, 9.17) is 0 Å². The second-order valence-electron chi connectivity index (χ2n) is 8.95. The number of hydrogen-bond donors (Lipinski definition) is 2. The molecule has 0 radical (unpaired) electrons. The highest BCUT2D eigenvalue weighted by Gasteiger charge is 2.27. The molecule has 0 spiro atoms. The van der Waals surface area contributed by atoms with Gasteiger partial charge >= 0.3 is 5.69 Å². The fourth-order valence-electron chi connectivity index (χ4n) is 4.05. The van der Waals surface area contributed by atoms with E-state index in [-0.39, 0.29) is 23.2 Å². The largest absolute Gasteiger partial charge is 0.351 e. The van der Waals surface area contributed by atoms with Crippen molar-refractivity contribution in [3.05, 3.63) is 110 Å². The predicted molar refractivity (Wildman–Crippen MR) is 142 cm³/mol. The molecule has 2 N–H and O–H groups in total. The molecule has 0 fully saturated rings. The summed E-state index contributed by atoms with van der Waals surface area (Å²) in [6.07, 6.45) is 0.129. The molecule has 10 heteroatoms. The molecule has 192 valence electrons. The van der Waals surface area contributed by atoms with Gasteiger partial charge < -0.3 is 5.32 Å². The van der Waals surface area contributed by atoms with Gasteiger partial charge in [-0.05, 0) is 42.7 Å². The third kappa shape index (κ3) is 5.71. The van der Waals surface area contributed by atoms with Gasteiger partial charge in [0.25, 0.3) is 5.56 Å². The number of sulfonamides is 1. The van der Waals surface area contributed by atoms with Gasteiger partial charge in [0.1, 0.15) is 6.04 Å². The molecule has 4 rings (SSSR count). The van der Waals surface area contributed by atoms with Crippen LogP contribution in [0.15, 0.2) is 87.3 Å². The Morgan fingerprint density at radius 1 is 0.892 bits per heavy atom. The molecule has 0 aliphatic carbocycles. The maximum atomic E-state index is 13.4. The van der Waals surface area contributed by atoms with Crippen LogP contribution in [0, 0.1) is 6.92 Å². The minimum absolute atomic E-state index is 0.0795. The van der Waals surface area contributed by atoms with Crippen molar-refractivity contribution < 1.29 is 13.2 Å². The number of nitrogens with one attached hydrogen (secondary N) is 2. The van der Waals surface area contributed by atoms with Gasteiger partial charge in [-0.3, -0.25) is 18.7 Å². The summed E-state index contributed by atoms with van der Waals surface area (Å²) < 4.78 is 31.5. The Kier molecular flexibility index (Phi) is 7.42. The summed E-state index contributed by atoms with van der Waals surface area (Å²) >= 11 is 0. The normalized spacial score (nSPS) is 12.4. The van der Waals surface area contributed by atoms with E-state index >= 15 is 0 Å². The third-order valence-electron chi connectivity index (χ3n) is 6.23. The molecule has 4 aromatic rings. The van der Waals surface area contributed by atoms with Crippen molar-refractivity contribution in [3.63, 3.8) is 0 Å². The Labute approximate surface area is 214 Å². The number of benzene rings is 3. The fraction of sp³-hybridized carbons (Fsp3) is 0.222. The summed E-state index contributed by atoms with van der Waals surface area (Å²) in [5.74, 6) is -0.480. The molecule has 0 aliphatic rings. The first-order valence-corrected chi connectivity index (χ1v) is 13.1. The molecule has 9 nitrogen and oxygen atoms in total. The zero-order chi connectivity index (χ0) is 26.7. The summed E-state index contributed by atoms with van der Waals surface area (Å²) in [5, 5.41) is 2.89. The van der Waals surface area contributed by atoms with Crippen LogP contribution in [0.5, 0.6) is 0 Å². The minimum Gasteiger partial charge on any atom is -0.351 e. The van der Waals surface area contributed by atoms with Gasteiger partial charge in [-0.1, -0.05) is 60.2 Å². The summed E-state index contributed by atoms with van der Waals surface area (Å²) in [4.78, 5) is 37.9. The molecule has 0 saturated heterocycles. The second kappa shape index (κ2) is 10.5. The minimum atomic E-state index is -4.20. The van der Waals surface area contributed by atoms with E-state index < -0.39 is 33.2 Å². The predicted octanol–water partition coefficient (Wildman–Crippen LogP) is 1.75. The van der Waals surface area contributed by atoms with Crippen LogP contribution in [0.3, 0.4) is 0 Å². The van der Waals surface area contributed by atoms with Crippen molar-refractivity contribution in [2.24, 2.45) is 14.1 Å². The number of fused-ring (bicyclic) bond motifs is 1. The van der Waals surface area contributed by atoms with E-state index in [0.717, 1.165) is 21.3 Å². The van der Waals surface area contributed by atoms with E-state index in [1.54, 1.807) is 0 Å². The van der Waals surface area contributed by atoms with E-state index in [9.17, 15) is 22.8 Å². The summed E-state index contributed by atoms with van der Waals surface area (Å²) in [6.45, 7) is 2.21. The first kappa shape index (κ1) is 26.1. The molecule has 1 atom stereocenters. The van der Waals surface area contributed by atoms with Crippen LogP contribution >= 0.6 is 0 Å². The Bertz CT molecular complexity index is 1670. The molecule has 0 saturated carbocycles. The zero-order valence-electron chi connectivity index (χ0n) is 20.8. The van der Waals surface area contributed by atoms with Crippen molar-refractivity contribution in [1.82, 2.24) is 19.2 Å². The monoisotopic (exact) mass is 520 g/mol. The van der Waals surface area contributed by atoms with Crippen molar-refractivity contribution >= 4 is 26.8 Å². The Balaban J connectivity index is 1.64. The average Bonchev–Trinajstić information content (AvgIpc) is 2.90. The Morgan fingerprint density at radius 2 is 1.57 bits per heavy atom. The number of aryl methyl sites for hydroxylation is 2. The van der Waals surface area contributed by atoms with Gasteiger partial charge in [0.05, 0.1) is 15.8 Å². The summed E-state index contributed by atoms with van der Waals surface area (Å²) in [6, 6.07) is 19.6. The van der Waals surface area contributed by atoms with Gasteiger partial charge in [-0.15, -0.1) is 0 Å². The van der Waals surface area contributed by atoms with E-state index in [1.807, 2.05) is 61.5 Å². The van der Waals surface area contributed by atoms with Crippen LogP contribution in [-0.2, 0) is 41.9 Å². The first-order valence-electron chi connectivity index (χ1n) is 11.7. The van der Waals surface area contributed by atoms with Crippen LogP contribution in [-0.4, -0.2) is 29.5 Å². The van der Waals surface area contributed by atoms with Gasteiger partial charge in [0.15, 0.2) is 0 Å². The lowest BCUT2D eigenvalue weighted by molar-refractivity contribution is -0.122. The standard InChI is InChI=1S/C27H28N4O5S/c1-18-9-11-20(12-10-18)17-28-25(32)23(15-19-7-5-4-6-8-19)29-37(35,36)21-13-14-24-22(16-21)26(33)31(3)27(34)30(24)2/h4-14,16,23,29H,15,17H2,1-3H3,(H,28,32)/t23-/m1/s1. The highest BCUT2D eigenvalue weighted by molar-refractivity contribution is 7.89. The molecule has 0 aliphatic heterocycles. The van der Waals surface area contributed by atoms with Gasteiger partial charge in [0, 0.05) is 20.6 Å². The molecule has 37 heavy (non-hydrogen) atoms. The van der Waals surface area contributed by atoms with Crippen LogP contribution in [0.2, 0.25) is 0 Å². The quantitative estimate of drug-likeness (QED) is 0.367. The molecular weight excluding hydrogens is 492 g/mol. The molecule has 3 aromatic carbocycles. The second-order valence-corrected chi connectivity index (χ2v) is 10.7. The SMILES string of the molecule is Cc1ccc(CNC(=O)[C@@H](Cc2ccccc2)NS(=O)(=O)c2ccc3c(c2)c(=O)n(C)c(=O)n3C)cc1. The van der Waals surface area contributed by atoms with Crippen LogP contribution < -0.4 is 21.3 Å². The van der Waals surface area contributed by atoms with Crippen molar-refractivity contribution in [2.45, 2.75) is 30.8 Å². The molecule has 1 amide bonds. The number of nitrogens with zero attached hydrogens (tertiary/aromatic N) is 2. The Hall–Kier alpha value is -4.02. The lowest BCUT2D eigenvalue weighted by atomic mass is 10.1. The fourth-order valence-corrected chi connectivity index (χ4v) is 5.27. The number of carbonyl (C=O) groups excluding carboxylic acids is 1. The molecule has 0 bridgehead atoms. The van der Waals surface area contributed by atoms with E-state index in [2.05, 4.69) is 10.0 Å². The zero-order valence-corrected chi connectivity index (χ0v) is 21.6. The van der Waals surface area contributed by atoms with Crippen LogP contribution in [0.1, 0.15) is 16.7 Å². The highest BCUT2D eigenvalue weighted by Crippen LogP contribution is 2.17. The maximum absolute atomic E-state index is 13.4. The molecular formula is C27H28N4O5S. The van der Waals surface area contributed by atoms with Crippen molar-refractivity contribution in [1.29, 1.82) is 0 Å². The molecule has 0 unspecified atom stereocenters. The Morgan fingerprint density at radius 3 is 2.24 bits per heavy atom. The number of hydrogen-bond acceptors (Lipinski definition) is 5. The summed E-state index contributed by atoms with van der Waals surface area (Å²) in [7, 11) is -1.37. The number of carbonyl (C=O) groups is 1. The lowest BCUT2D eigenvalue weighted by Gasteiger charge is -2.19. The van der Waals surface area contributed by atoms with Crippen molar-refractivity contribution in [3.8, 4) is 0 Å². The van der Waals surface area contributed by atoms with E-state index in [0.29, 0.717) is 5.52 Å². The summed E-state index contributed by atoms with van der Waals surface area (Å²) in [5.41, 5.74) is 1.95. The van der Waals surface area contributed by atoms with Crippen LogP contribution in [0.25, 0.3) is 10.9 Å². The smallest absolute Gasteiger partial charge is 0.330 e. The van der Waals surface area contributed by atoms with Gasteiger partial charge in [0.2, 0.25) is 15.9 Å². The topological polar surface area (TPSA) is 119 Å². The molecule has 1 heterocycles. The van der Waals surface area contributed by atoms with Crippen molar-refractivity contribution in [2.75, 3.05) is 0 Å². The molecule has 1 aromatic heterocycles. The number of rotatable bonds is 8. The average molecular weight is 521 g/mol. The van der Waals surface area contributed by atoms with Gasteiger partial charge in [-0.2, -0.15) is 4.72 Å². The van der Waals surface area contributed by atoms with E-state index in [1.165, 1.54) is 36.9 Å². The highest BCUT2D eigenvalue weighted by atomic mass is 32.2. The number of aromatic nitrogens is 2. The maximum Gasteiger partial charge on any atom is 0.330 e. The third-order valence-corrected chi connectivity index (χ3v) is 7.70. The number of amides is 1. The van der Waals surface area contributed by atoms with Gasteiger partial charge in [-0.25, -0.2) is 13.2 Å². The first-order chi connectivity index (χ1) is 17.6. The lowest BCUT2D eigenvalue weighted by Crippen LogP contribution is -2.47.